The molecule has 0 fully saturated rings. The van der Waals surface area contributed by atoms with Crippen LogP contribution in [0.4, 0.5) is 0 Å². The third-order valence-corrected chi connectivity index (χ3v) is 3.24. The van der Waals surface area contributed by atoms with Crippen molar-refractivity contribution in [1.82, 2.24) is 15.0 Å². The molecule has 0 bridgehead atoms. The second-order valence-corrected chi connectivity index (χ2v) is 4.76. The molecular formula is C15H8ClN3O2. The Bertz CT molecular complexity index is 879. The Morgan fingerprint density at radius 3 is 2.48 bits per heavy atom. The van der Waals surface area contributed by atoms with E-state index in [-0.39, 0.29) is 5.28 Å². The summed E-state index contributed by atoms with van der Waals surface area (Å²) in [5, 5.41) is 1.20. The van der Waals surface area contributed by atoms with Crippen LogP contribution in [-0.2, 0) is 0 Å². The summed E-state index contributed by atoms with van der Waals surface area (Å²) < 4.78 is 11.4. The smallest absolute Gasteiger partial charge is 0.230 e. The van der Waals surface area contributed by atoms with Gasteiger partial charge in [0, 0.05) is 17.8 Å². The van der Waals surface area contributed by atoms with Crippen molar-refractivity contribution in [2.75, 3.05) is 0 Å². The average Bonchev–Trinajstić information content (AvgIpc) is 3.14. The van der Waals surface area contributed by atoms with Crippen LogP contribution in [0.5, 0.6) is 0 Å². The van der Waals surface area contributed by atoms with Gasteiger partial charge in [0.05, 0.1) is 11.8 Å². The first-order valence-corrected chi connectivity index (χ1v) is 6.60. The van der Waals surface area contributed by atoms with E-state index in [0.717, 1.165) is 11.0 Å². The quantitative estimate of drug-likeness (QED) is 0.519. The zero-order valence-electron chi connectivity index (χ0n) is 10.7. The predicted molar refractivity (Wildman–Crippen MR) is 77.7 cm³/mol. The molecule has 21 heavy (non-hydrogen) atoms. The Hall–Kier alpha value is -2.66. The summed E-state index contributed by atoms with van der Waals surface area (Å²) in [4.78, 5) is 12.0. The van der Waals surface area contributed by atoms with Crippen molar-refractivity contribution in [3.63, 3.8) is 0 Å². The van der Waals surface area contributed by atoms with Crippen LogP contribution in [0.25, 0.3) is 33.9 Å². The van der Waals surface area contributed by atoms with Gasteiger partial charge < -0.3 is 8.83 Å². The third kappa shape index (κ3) is 2.17. The lowest BCUT2D eigenvalue weighted by molar-refractivity contribution is 0.547. The predicted octanol–water partition coefficient (Wildman–Crippen LogP) is 4.20. The summed E-state index contributed by atoms with van der Waals surface area (Å²) >= 11 is 5.66. The van der Waals surface area contributed by atoms with Crippen molar-refractivity contribution in [1.29, 1.82) is 0 Å². The van der Waals surface area contributed by atoms with Gasteiger partial charge in [-0.1, -0.05) is 18.2 Å². The van der Waals surface area contributed by atoms with Gasteiger partial charge in [0.25, 0.3) is 0 Å². The molecule has 0 saturated carbocycles. The number of furan rings is 1. The molecule has 102 valence electrons. The van der Waals surface area contributed by atoms with Gasteiger partial charge in [0.2, 0.25) is 11.2 Å². The molecule has 0 aliphatic heterocycles. The molecular weight excluding hydrogens is 290 g/mol. The van der Waals surface area contributed by atoms with E-state index in [1.165, 1.54) is 0 Å². The van der Waals surface area contributed by atoms with Gasteiger partial charge in [-0.2, -0.15) is 0 Å². The van der Waals surface area contributed by atoms with Crippen molar-refractivity contribution in [3.8, 4) is 23.0 Å². The number of hydrogen-bond donors (Lipinski definition) is 0. The number of benzene rings is 1. The van der Waals surface area contributed by atoms with E-state index in [4.69, 9.17) is 20.4 Å². The van der Waals surface area contributed by atoms with E-state index in [2.05, 4.69) is 15.0 Å². The van der Waals surface area contributed by atoms with Gasteiger partial charge in [-0.15, -0.1) is 0 Å². The van der Waals surface area contributed by atoms with E-state index in [0.29, 0.717) is 23.0 Å². The first-order chi connectivity index (χ1) is 10.3. The Labute approximate surface area is 124 Å². The molecule has 6 heteroatoms. The minimum absolute atomic E-state index is 0.183. The summed E-state index contributed by atoms with van der Waals surface area (Å²) in [6, 6.07) is 9.68. The molecule has 0 spiro atoms. The van der Waals surface area contributed by atoms with Crippen molar-refractivity contribution in [2.45, 2.75) is 0 Å². The Kier molecular flexibility index (Phi) is 2.72. The molecule has 0 radical (unpaired) electrons. The number of aromatic nitrogens is 3. The molecule has 0 atom stereocenters. The number of halogens is 1. The van der Waals surface area contributed by atoms with Crippen molar-refractivity contribution < 1.29 is 8.83 Å². The molecule has 5 nitrogen and oxygen atoms in total. The Morgan fingerprint density at radius 2 is 1.67 bits per heavy atom. The Morgan fingerprint density at radius 1 is 0.857 bits per heavy atom. The van der Waals surface area contributed by atoms with Crippen LogP contribution in [0.15, 0.2) is 57.8 Å². The maximum atomic E-state index is 5.74. The van der Waals surface area contributed by atoms with Crippen LogP contribution in [0.3, 0.4) is 0 Å². The fourth-order valence-electron chi connectivity index (χ4n) is 2.05. The van der Waals surface area contributed by atoms with Crippen molar-refractivity contribution >= 4 is 22.6 Å². The number of rotatable bonds is 2. The molecule has 0 unspecified atom stereocenters. The van der Waals surface area contributed by atoms with Gasteiger partial charge in [0.1, 0.15) is 5.58 Å². The van der Waals surface area contributed by atoms with Crippen molar-refractivity contribution in [3.05, 3.63) is 54.2 Å². The summed E-state index contributed by atoms with van der Waals surface area (Å²) in [5.41, 5.74) is 1.46. The van der Waals surface area contributed by atoms with E-state index in [1.807, 2.05) is 30.3 Å². The van der Waals surface area contributed by atoms with Crippen LogP contribution < -0.4 is 0 Å². The molecule has 0 aliphatic carbocycles. The van der Waals surface area contributed by atoms with Gasteiger partial charge in [-0.25, -0.2) is 15.0 Å². The van der Waals surface area contributed by atoms with Gasteiger partial charge in [0.15, 0.2) is 11.5 Å². The number of fused-ring (bicyclic) bond motifs is 1. The fraction of sp³-hybridized carbons (Fsp3) is 0. The minimum Gasteiger partial charge on any atom is -0.453 e. The maximum Gasteiger partial charge on any atom is 0.230 e. The van der Waals surface area contributed by atoms with Gasteiger partial charge in [-0.3, -0.25) is 0 Å². The molecule has 1 aromatic carbocycles. The molecule has 0 N–H and O–H groups in total. The molecule has 4 rings (SSSR count). The monoisotopic (exact) mass is 297 g/mol. The number of oxazole rings is 1. The zero-order chi connectivity index (χ0) is 14.2. The van der Waals surface area contributed by atoms with E-state index in [9.17, 15) is 0 Å². The van der Waals surface area contributed by atoms with E-state index in [1.54, 1.807) is 18.6 Å². The van der Waals surface area contributed by atoms with Crippen LogP contribution in [-0.4, -0.2) is 15.0 Å². The summed E-state index contributed by atoms with van der Waals surface area (Å²) in [5.74, 6) is 1.60. The second-order valence-electron chi connectivity index (χ2n) is 4.42. The highest BCUT2D eigenvalue weighted by molar-refractivity contribution is 6.28. The van der Waals surface area contributed by atoms with Crippen LogP contribution in [0, 0.1) is 0 Å². The van der Waals surface area contributed by atoms with E-state index >= 15 is 0 Å². The normalized spacial score (nSPS) is 11.1. The second kappa shape index (κ2) is 4.71. The molecule has 0 saturated heterocycles. The molecule has 3 heterocycles. The van der Waals surface area contributed by atoms with Crippen LogP contribution in [0.2, 0.25) is 5.28 Å². The number of para-hydroxylation sites is 1. The molecule has 0 amide bonds. The molecule has 4 aromatic rings. The lowest BCUT2D eigenvalue weighted by atomic mass is 10.2. The summed E-state index contributed by atoms with van der Waals surface area (Å²) in [6.07, 6.45) is 4.73. The van der Waals surface area contributed by atoms with Crippen LogP contribution >= 0.6 is 11.6 Å². The highest BCUT2D eigenvalue weighted by atomic mass is 35.5. The van der Waals surface area contributed by atoms with Gasteiger partial charge >= 0.3 is 0 Å². The fourth-order valence-corrected chi connectivity index (χ4v) is 2.15. The lowest BCUT2D eigenvalue weighted by Gasteiger charge is -1.93. The minimum atomic E-state index is 0.183. The van der Waals surface area contributed by atoms with Crippen LogP contribution in [0.1, 0.15) is 0 Å². The Balaban J connectivity index is 1.75. The molecule has 0 aliphatic rings. The highest BCUT2D eigenvalue weighted by Crippen LogP contribution is 2.30. The third-order valence-electron chi connectivity index (χ3n) is 3.04. The number of nitrogens with zero attached hydrogens (tertiary/aromatic N) is 3. The largest absolute Gasteiger partial charge is 0.453 e. The first kappa shape index (κ1) is 12.1. The standard InChI is InChI=1S/C15H8ClN3O2/c16-15-18-6-10(7-19-15)14-17-8-13(21-14)12-5-9-3-1-2-4-11(9)20-12/h1-8H. The average molecular weight is 298 g/mol. The summed E-state index contributed by atoms with van der Waals surface area (Å²) in [6.45, 7) is 0. The lowest BCUT2D eigenvalue weighted by Crippen LogP contribution is -1.83. The maximum absolute atomic E-state index is 5.74. The number of hydrogen-bond acceptors (Lipinski definition) is 5. The first-order valence-electron chi connectivity index (χ1n) is 6.22. The zero-order valence-corrected chi connectivity index (χ0v) is 11.4. The van der Waals surface area contributed by atoms with Gasteiger partial charge in [-0.05, 0) is 23.7 Å². The van der Waals surface area contributed by atoms with E-state index < -0.39 is 0 Å². The summed E-state index contributed by atoms with van der Waals surface area (Å²) in [7, 11) is 0. The van der Waals surface area contributed by atoms with Crippen molar-refractivity contribution in [2.24, 2.45) is 0 Å². The topological polar surface area (TPSA) is 65.0 Å². The molecule has 3 aromatic heterocycles. The SMILES string of the molecule is Clc1ncc(-c2ncc(-c3cc4ccccc4o3)o2)cn1. The highest BCUT2D eigenvalue weighted by Gasteiger charge is 2.13.